The first-order chi connectivity index (χ1) is 12.2. The summed E-state index contributed by atoms with van der Waals surface area (Å²) >= 11 is 0. The number of ether oxygens (including phenoxy) is 1. The van der Waals surface area contributed by atoms with Crippen LogP contribution in [0.4, 0.5) is 5.69 Å². The zero-order valence-electron chi connectivity index (χ0n) is 14.3. The van der Waals surface area contributed by atoms with Crippen LogP contribution >= 0.6 is 0 Å². The lowest BCUT2D eigenvalue weighted by molar-refractivity contribution is -0.130. The first kappa shape index (κ1) is 19.3. The molecule has 0 aliphatic carbocycles. The standard InChI is InChI=1S/C17H19N3O5S/c1-20(2)16(21)11-25-14-7-5-13(6-8-14)19-26(23,24)15-9-3-12(4-10-15)17(18)22/h3-10,19H,11H2,1-2H3,(H2,18,22). The van der Waals surface area contributed by atoms with Gasteiger partial charge in [0.05, 0.1) is 4.90 Å². The molecule has 0 bridgehead atoms. The van der Waals surface area contributed by atoms with Crippen LogP contribution in [0.2, 0.25) is 0 Å². The Morgan fingerprint density at radius 1 is 1.04 bits per heavy atom. The Labute approximate surface area is 151 Å². The molecule has 0 heterocycles. The van der Waals surface area contributed by atoms with Crippen LogP contribution < -0.4 is 15.2 Å². The van der Waals surface area contributed by atoms with E-state index in [4.69, 9.17) is 10.5 Å². The van der Waals surface area contributed by atoms with Crippen molar-refractivity contribution in [2.24, 2.45) is 5.73 Å². The second-order valence-electron chi connectivity index (χ2n) is 5.60. The second-order valence-corrected chi connectivity index (χ2v) is 7.28. The number of nitrogens with zero attached hydrogens (tertiary/aromatic N) is 1. The third-order valence-electron chi connectivity index (χ3n) is 3.42. The lowest BCUT2D eigenvalue weighted by Gasteiger charge is -2.12. The highest BCUT2D eigenvalue weighted by Crippen LogP contribution is 2.20. The Bertz CT molecular complexity index is 891. The largest absolute Gasteiger partial charge is 0.484 e. The molecule has 2 aromatic carbocycles. The van der Waals surface area contributed by atoms with E-state index in [-0.39, 0.29) is 23.0 Å². The van der Waals surface area contributed by atoms with Gasteiger partial charge in [0, 0.05) is 25.3 Å². The SMILES string of the molecule is CN(C)C(=O)COc1ccc(NS(=O)(=O)c2ccc(C(N)=O)cc2)cc1. The van der Waals surface area contributed by atoms with E-state index in [1.807, 2.05) is 0 Å². The highest BCUT2D eigenvalue weighted by Gasteiger charge is 2.15. The maximum absolute atomic E-state index is 12.3. The number of hydrogen-bond donors (Lipinski definition) is 2. The monoisotopic (exact) mass is 377 g/mol. The molecule has 0 atom stereocenters. The molecule has 2 amide bonds. The summed E-state index contributed by atoms with van der Waals surface area (Å²) in [7, 11) is -0.560. The summed E-state index contributed by atoms with van der Waals surface area (Å²) in [4.78, 5) is 23.9. The van der Waals surface area contributed by atoms with Gasteiger partial charge >= 0.3 is 0 Å². The number of sulfonamides is 1. The number of primary amides is 1. The number of nitrogens with two attached hydrogens (primary N) is 1. The van der Waals surface area contributed by atoms with Gasteiger partial charge < -0.3 is 15.4 Å². The van der Waals surface area contributed by atoms with Crippen LogP contribution in [-0.4, -0.2) is 45.8 Å². The number of carbonyl (C=O) groups excluding carboxylic acids is 2. The quantitative estimate of drug-likeness (QED) is 0.748. The first-order valence-electron chi connectivity index (χ1n) is 7.55. The van der Waals surface area contributed by atoms with Crippen LogP contribution in [-0.2, 0) is 14.8 Å². The average molecular weight is 377 g/mol. The Hall–Kier alpha value is -3.07. The van der Waals surface area contributed by atoms with E-state index in [0.29, 0.717) is 11.4 Å². The fraction of sp³-hybridized carbons (Fsp3) is 0.176. The third kappa shape index (κ3) is 4.96. The van der Waals surface area contributed by atoms with Crippen molar-refractivity contribution in [1.82, 2.24) is 4.90 Å². The summed E-state index contributed by atoms with van der Waals surface area (Å²) in [6.07, 6.45) is 0. The van der Waals surface area contributed by atoms with E-state index in [2.05, 4.69) is 4.72 Å². The summed E-state index contributed by atoms with van der Waals surface area (Å²) in [5, 5.41) is 0. The Morgan fingerprint density at radius 3 is 2.12 bits per heavy atom. The van der Waals surface area contributed by atoms with Gasteiger partial charge in [0.2, 0.25) is 5.91 Å². The average Bonchev–Trinajstić information content (AvgIpc) is 2.60. The molecule has 0 saturated carbocycles. The van der Waals surface area contributed by atoms with Crippen molar-refractivity contribution in [1.29, 1.82) is 0 Å². The number of amides is 2. The summed E-state index contributed by atoms with van der Waals surface area (Å²) in [6.45, 7) is -0.107. The molecule has 8 nitrogen and oxygen atoms in total. The summed E-state index contributed by atoms with van der Waals surface area (Å²) in [6, 6.07) is 11.4. The predicted octanol–water partition coefficient (Wildman–Crippen LogP) is 1.05. The smallest absolute Gasteiger partial charge is 0.261 e. The van der Waals surface area contributed by atoms with Crippen molar-refractivity contribution < 1.29 is 22.7 Å². The first-order valence-corrected chi connectivity index (χ1v) is 9.03. The van der Waals surface area contributed by atoms with Gasteiger partial charge in [-0.3, -0.25) is 14.3 Å². The Morgan fingerprint density at radius 2 is 1.62 bits per heavy atom. The van der Waals surface area contributed by atoms with Crippen LogP contribution in [0.3, 0.4) is 0 Å². The molecule has 2 aromatic rings. The van der Waals surface area contributed by atoms with Crippen LogP contribution in [0, 0.1) is 0 Å². The van der Waals surface area contributed by atoms with E-state index in [1.54, 1.807) is 26.2 Å². The molecule has 0 unspecified atom stereocenters. The van der Waals surface area contributed by atoms with E-state index in [0.717, 1.165) is 0 Å². The summed E-state index contributed by atoms with van der Waals surface area (Å²) < 4.78 is 32.4. The minimum absolute atomic E-state index is 0.000550. The minimum atomic E-state index is -3.81. The van der Waals surface area contributed by atoms with Gasteiger partial charge in [0.1, 0.15) is 5.75 Å². The van der Waals surface area contributed by atoms with Crippen molar-refractivity contribution in [3.05, 3.63) is 54.1 Å². The summed E-state index contributed by atoms with van der Waals surface area (Å²) in [5.74, 6) is -0.381. The molecule has 0 aliphatic heterocycles. The zero-order chi connectivity index (χ0) is 19.3. The van der Waals surface area contributed by atoms with Gasteiger partial charge in [0.15, 0.2) is 6.61 Å². The molecule has 26 heavy (non-hydrogen) atoms. The van der Waals surface area contributed by atoms with E-state index >= 15 is 0 Å². The molecule has 0 spiro atoms. The molecule has 0 aliphatic rings. The number of anilines is 1. The van der Waals surface area contributed by atoms with Crippen molar-refractivity contribution in [3.8, 4) is 5.75 Å². The highest BCUT2D eigenvalue weighted by molar-refractivity contribution is 7.92. The molecule has 2 rings (SSSR count). The molecular formula is C17H19N3O5S. The lowest BCUT2D eigenvalue weighted by atomic mass is 10.2. The number of carbonyl (C=O) groups is 2. The van der Waals surface area contributed by atoms with Crippen molar-refractivity contribution in [2.45, 2.75) is 4.90 Å². The maximum atomic E-state index is 12.3. The summed E-state index contributed by atoms with van der Waals surface area (Å²) in [5.41, 5.74) is 5.68. The number of benzene rings is 2. The van der Waals surface area contributed by atoms with E-state index < -0.39 is 15.9 Å². The topological polar surface area (TPSA) is 119 Å². The second kappa shape index (κ2) is 7.87. The highest BCUT2D eigenvalue weighted by atomic mass is 32.2. The molecule has 0 aromatic heterocycles. The lowest BCUT2D eigenvalue weighted by Crippen LogP contribution is -2.27. The predicted molar refractivity (Wildman–Crippen MR) is 96.4 cm³/mol. The molecule has 0 radical (unpaired) electrons. The van der Waals surface area contributed by atoms with Crippen LogP contribution in [0.25, 0.3) is 0 Å². The third-order valence-corrected chi connectivity index (χ3v) is 4.81. The number of nitrogens with one attached hydrogen (secondary N) is 1. The number of likely N-dealkylation sites (N-methyl/N-ethyl adjacent to an activating group) is 1. The number of rotatable bonds is 7. The molecule has 3 N–H and O–H groups in total. The molecular weight excluding hydrogens is 358 g/mol. The molecule has 0 fully saturated rings. The van der Waals surface area contributed by atoms with Crippen molar-refractivity contribution >= 4 is 27.5 Å². The Kier molecular flexibility index (Phi) is 5.83. The van der Waals surface area contributed by atoms with Crippen LogP contribution in [0.15, 0.2) is 53.4 Å². The molecule has 138 valence electrons. The van der Waals surface area contributed by atoms with Crippen LogP contribution in [0.5, 0.6) is 5.75 Å². The minimum Gasteiger partial charge on any atom is -0.484 e. The van der Waals surface area contributed by atoms with Crippen LogP contribution in [0.1, 0.15) is 10.4 Å². The van der Waals surface area contributed by atoms with E-state index in [9.17, 15) is 18.0 Å². The van der Waals surface area contributed by atoms with Gasteiger partial charge in [-0.15, -0.1) is 0 Å². The van der Waals surface area contributed by atoms with Gasteiger partial charge in [-0.25, -0.2) is 8.42 Å². The number of hydrogen-bond acceptors (Lipinski definition) is 5. The van der Waals surface area contributed by atoms with E-state index in [1.165, 1.54) is 41.3 Å². The molecule has 9 heteroatoms. The van der Waals surface area contributed by atoms with Gasteiger partial charge in [-0.1, -0.05) is 0 Å². The zero-order valence-corrected chi connectivity index (χ0v) is 15.1. The van der Waals surface area contributed by atoms with Gasteiger partial charge in [-0.05, 0) is 48.5 Å². The normalized spacial score (nSPS) is 10.8. The fourth-order valence-electron chi connectivity index (χ4n) is 1.91. The van der Waals surface area contributed by atoms with Gasteiger partial charge in [-0.2, -0.15) is 0 Å². The van der Waals surface area contributed by atoms with Crippen molar-refractivity contribution in [3.63, 3.8) is 0 Å². The molecule has 0 saturated heterocycles. The maximum Gasteiger partial charge on any atom is 0.261 e. The van der Waals surface area contributed by atoms with Crippen molar-refractivity contribution in [2.75, 3.05) is 25.4 Å². The fourth-order valence-corrected chi connectivity index (χ4v) is 2.96. The van der Waals surface area contributed by atoms with Gasteiger partial charge in [0.25, 0.3) is 15.9 Å². The Balaban J connectivity index is 2.05.